The van der Waals surface area contributed by atoms with Gasteiger partial charge in [-0.2, -0.15) is 0 Å². The average molecular weight is 450 g/mol. The van der Waals surface area contributed by atoms with E-state index in [1.54, 1.807) is 30.3 Å². The van der Waals surface area contributed by atoms with E-state index < -0.39 is 33.1 Å². The second kappa shape index (κ2) is 8.97. The molecule has 1 aromatic heterocycles. The van der Waals surface area contributed by atoms with E-state index in [0.29, 0.717) is 5.76 Å². The van der Waals surface area contributed by atoms with Crippen LogP contribution in [0.3, 0.4) is 0 Å². The third-order valence-electron chi connectivity index (χ3n) is 4.07. The molecule has 11 heteroatoms. The average Bonchev–Trinajstić information content (AvgIpc) is 3.24. The maximum atomic E-state index is 13.2. The Morgan fingerprint density at radius 2 is 1.87 bits per heavy atom. The molecule has 156 valence electrons. The molecule has 0 unspecified atom stereocenters. The maximum absolute atomic E-state index is 13.2. The van der Waals surface area contributed by atoms with Gasteiger partial charge in [0.15, 0.2) is 0 Å². The van der Waals surface area contributed by atoms with E-state index in [4.69, 9.17) is 16.0 Å². The van der Waals surface area contributed by atoms with E-state index in [-0.39, 0.29) is 22.2 Å². The lowest BCUT2D eigenvalue weighted by Crippen LogP contribution is -2.40. The Labute approximate surface area is 177 Å². The van der Waals surface area contributed by atoms with Crippen molar-refractivity contribution in [3.05, 3.63) is 87.8 Å². The normalized spacial score (nSPS) is 11.1. The van der Waals surface area contributed by atoms with Gasteiger partial charge < -0.3 is 9.73 Å². The fraction of sp³-hybridized carbons (Fsp3) is 0.105. The summed E-state index contributed by atoms with van der Waals surface area (Å²) < 4.78 is 32.5. The Hall–Kier alpha value is -3.37. The highest BCUT2D eigenvalue weighted by molar-refractivity contribution is 7.92. The van der Waals surface area contributed by atoms with Crippen LogP contribution in [-0.4, -0.2) is 25.8 Å². The van der Waals surface area contributed by atoms with E-state index in [1.807, 2.05) is 0 Å². The van der Waals surface area contributed by atoms with Gasteiger partial charge in [0.1, 0.15) is 17.3 Å². The largest absolute Gasteiger partial charge is 0.467 e. The van der Waals surface area contributed by atoms with Gasteiger partial charge in [0.05, 0.1) is 28.3 Å². The number of rotatable bonds is 8. The molecule has 0 bridgehead atoms. The molecule has 0 aliphatic carbocycles. The number of benzene rings is 2. The smallest absolute Gasteiger partial charge is 0.289 e. The van der Waals surface area contributed by atoms with Crippen LogP contribution in [0.4, 0.5) is 11.4 Å². The van der Waals surface area contributed by atoms with Gasteiger partial charge in [-0.05, 0) is 36.4 Å². The molecule has 0 saturated heterocycles. The topological polar surface area (TPSA) is 123 Å². The lowest BCUT2D eigenvalue weighted by molar-refractivity contribution is -0.384. The van der Waals surface area contributed by atoms with Crippen LogP contribution < -0.4 is 9.62 Å². The zero-order chi connectivity index (χ0) is 21.7. The number of carbonyl (C=O) groups is 1. The molecule has 0 radical (unpaired) electrons. The van der Waals surface area contributed by atoms with Gasteiger partial charge >= 0.3 is 0 Å². The number of carbonyl (C=O) groups excluding carboxylic acids is 1. The zero-order valence-electron chi connectivity index (χ0n) is 15.4. The van der Waals surface area contributed by atoms with Gasteiger partial charge in [-0.3, -0.25) is 19.2 Å². The summed E-state index contributed by atoms with van der Waals surface area (Å²) in [5.41, 5.74) is -0.323. The van der Waals surface area contributed by atoms with Gasteiger partial charge in [-0.15, -0.1) is 0 Å². The number of nitrogens with zero attached hydrogens (tertiary/aromatic N) is 2. The molecule has 9 nitrogen and oxygen atoms in total. The lowest BCUT2D eigenvalue weighted by atomic mass is 10.3. The molecule has 0 fully saturated rings. The van der Waals surface area contributed by atoms with Crippen LogP contribution in [0.25, 0.3) is 0 Å². The molecule has 1 heterocycles. The van der Waals surface area contributed by atoms with Crippen molar-refractivity contribution >= 4 is 38.9 Å². The fourth-order valence-corrected chi connectivity index (χ4v) is 4.24. The van der Waals surface area contributed by atoms with Crippen molar-refractivity contribution in [2.45, 2.75) is 11.4 Å². The molecule has 1 N–H and O–H groups in total. The van der Waals surface area contributed by atoms with E-state index >= 15 is 0 Å². The highest BCUT2D eigenvalue weighted by Crippen LogP contribution is 2.30. The highest BCUT2D eigenvalue weighted by Gasteiger charge is 2.29. The third-order valence-corrected chi connectivity index (χ3v) is 6.16. The van der Waals surface area contributed by atoms with Crippen LogP contribution in [0.1, 0.15) is 5.76 Å². The predicted molar refractivity (Wildman–Crippen MR) is 110 cm³/mol. The minimum absolute atomic E-state index is 0.0843. The number of amides is 1. The van der Waals surface area contributed by atoms with Crippen molar-refractivity contribution in [2.75, 3.05) is 10.8 Å². The molecule has 1 amide bonds. The number of furan rings is 1. The van der Waals surface area contributed by atoms with Crippen LogP contribution >= 0.6 is 11.6 Å². The summed E-state index contributed by atoms with van der Waals surface area (Å²) >= 11 is 5.79. The number of nitro groups is 1. The van der Waals surface area contributed by atoms with Crippen LogP contribution in [0, 0.1) is 10.1 Å². The monoisotopic (exact) mass is 449 g/mol. The summed E-state index contributed by atoms with van der Waals surface area (Å²) in [6.45, 7) is -0.454. The van der Waals surface area contributed by atoms with Gasteiger partial charge in [0.25, 0.3) is 15.7 Å². The summed E-state index contributed by atoms with van der Waals surface area (Å²) in [6.07, 6.45) is 1.45. The fourth-order valence-electron chi connectivity index (χ4n) is 2.61. The SMILES string of the molecule is O=C(CN(c1ccccc1)S(=O)(=O)c1ccc(Cl)c([N+](=O)[O-])c1)NCc1ccco1. The molecule has 0 atom stereocenters. The number of nitro benzene ring substituents is 1. The highest BCUT2D eigenvalue weighted by atomic mass is 35.5. The number of hydrogen-bond donors (Lipinski definition) is 1. The summed E-state index contributed by atoms with van der Waals surface area (Å²) in [7, 11) is -4.31. The van der Waals surface area contributed by atoms with Crippen molar-refractivity contribution in [3.63, 3.8) is 0 Å². The van der Waals surface area contributed by atoms with Crippen LogP contribution in [0.15, 0.2) is 76.2 Å². The van der Waals surface area contributed by atoms with Crippen molar-refractivity contribution in [1.82, 2.24) is 5.32 Å². The van der Waals surface area contributed by atoms with E-state index in [9.17, 15) is 23.3 Å². The number of halogens is 1. The van der Waals surface area contributed by atoms with E-state index in [1.165, 1.54) is 18.4 Å². The number of para-hydroxylation sites is 1. The molecular formula is C19H16ClN3O6S. The Bertz CT molecular complexity index is 1150. The van der Waals surface area contributed by atoms with Crippen molar-refractivity contribution < 1.29 is 22.6 Å². The minimum Gasteiger partial charge on any atom is -0.467 e. The van der Waals surface area contributed by atoms with Gasteiger partial charge in [0, 0.05) is 6.07 Å². The third kappa shape index (κ3) is 4.78. The first kappa shape index (κ1) is 21.3. The number of nitrogens with one attached hydrogen (secondary N) is 1. The second-order valence-corrected chi connectivity index (χ2v) is 8.34. The Morgan fingerprint density at radius 3 is 2.50 bits per heavy atom. The number of hydrogen-bond acceptors (Lipinski definition) is 6. The Kier molecular flexibility index (Phi) is 6.38. The number of anilines is 1. The molecule has 3 aromatic rings. The number of sulfonamides is 1. The minimum atomic E-state index is -4.31. The molecule has 0 spiro atoms. The molecular weight excluding hydrogens is 434 g/mol. The van der Waals surface area contributed by atoms with Crippen molar-refractivity contribution in [2.24, 2.45) is 0 Å². The zero-order valence-corrected chi connectivity index (χ0v) is 17.0. The molecule has 2 aromatic carbocycles. The van der Waals surface area contributed by atoms with Crippen LogP contribution in [-0.2, 0) is 21.4 Å². The van der Waals surface area contributed by atoms with Gasteiger partial charge in [0.2, 0.25) is 5.91 Å². The quantitative estimate of drug-likeness (QED) is 0.415. The maximum Gasteiger partial charge on any atom is 0.289 e. The summed E-state index contributed by atoms with van der Waals surface area (Å²) in [6, 6.07) is 14.4. The molecule has 0 saturated carbocycles. The van der Waals surface area contributed by atoms with Gasteiger partial charge in [-0.25, -0.2) is 8.42 Å². The summed E-state index contributed by atoms with van der Waals surface area (Å²) in [4.78, 5) is 22.5. The first-order valence-electron chi connectivity index (χ1n) is 8.60. The van der Waals surface area contributed by atoms with Gasteiger partial charge in [-0.1, -0.05) is 29.8 Å². The van der Waals surface area contributed by atoms with Crippen molar-refractivity contribution in [1.29, 1.82) is 0 Å². The predicted octanol–water partition coefficient (Wildman–Crippen LogP) is 3.35. The summed E-state index contributed by atoms with van der Waals surface area (Å²) in [5, 5.41) is 13.5. The van der Waals surface area contributed by atoms with Crippen LogP contribution in [0.2, 0.25) is 5.02 Å². The lowest BCUT2D eigenvalue weighted by Gasteiger charge is -2.24. The molecule has 3 rings (SSSR count). The standard InChI is InChI=1S/C19H16ClN3O6S/c20-17-9-8-16(11-18(17)23(25)26)30(27,28)22(14-5-2-1-3-6-14)13-19(24)21-12-15-7-4-10-29-15/h1-11H,12-13H2,(H,21,24). The first-order valence-corrected chi connectivity index (χ1v) is 10.4. The van der Waals surface area contributed by atoms with E-state index in [0.717, 1.165) is 22.5 Å². The Balaban J connectivity index is 1.92. The Morgan fingerprint density at radius 1 is 1.13 bits per heavy atom. The second-order valence-electron chi connectivity index (χ2n) is 6.07. The van der Waals surface area contributed by atoms with Crippen molar-refractivity contribution in [3.8, 4) is 0 Å². The van der Waals surface area contributed by atoms with E-state index in [2.05, 4.69) is 5.32 Å². The molecule has 0 aliphatic heterocycles. The molecule has 30 heavy (non-hydrogen) atoms. The summed E-state index contributed by atoms with van der Waals surface area (Å²) in [5.74, 6) is -0.0758. The first-order chi connectivity index (χ1) is 14.3. The molecule has 0 aliphatic rings. The van der Waals surface area contributed by atoms with Crippen LogP contribution in [0.5, 0.6) is 0 Å².